The summed E-state index contributed by atoms with van der Waals surface area (Å²) in [5, 5.41) is 3.01. The number of hydrogen-bond acceptors (Lipinski definition) is 3. The summed E-state index contributed by atoms with van der Waals surface area (Å²) < 4.78 is 13.9. The number of rotatable bonds is 5. The Morgan fingerprint density at radius 1 is 0.875 bits per heavy atom. The van der Waals surface area contributed by atoms with Gasteiger partial charge >= 0.3 is 0 Å². The molecule has 3 aromatic rings. The van der Waals surface area contributed by atoms with Gasteiger partial charge in [-0.3, -0.25) is 14.5 Å². The second-order valence-corrected chi connectivity index (χ2v) is 7.96. The van der Waals surface area contributed by atoms with E-state index in [1.54, 1.807) is 24.0 Å². The minimum Gasteiger partial charge on any atom is -0.336 e. The molecule has 0 radical (unpaired) electrons. The van der Waals surface area contributed by atoms with Crippen molar-refractivity contribution in [1.29, 1.82) is 0 Å². The molecule has 1 aliphatic rings. The van der Waals surface area contributed by atoms with Crippen LogP contribution in [0.5, 0.6) is 0 Å². The Morgan fingerprint density at radius 3 is 2.12 bits per heavy atom. The van der Waals surface area contributed by atoms with E-state index in [-0.39, 0.29) is 17.6 Å². The SMILES string of the molecule is Cc1ccc(C(=O)N2CCN(C(C(=O)Nc3ccccc3)c3ccccc3)CC2)cc1F. The number of amides is 2. The summed E-state index contributed by atoms with van der Waals surface area (Å²) in [6.07, 6.45) is 0. The predicted molar refractivity (Wildman–Crippen MR) is 123 cm³/mol. The lowest BCUT2D eigenvalue weighted by atomic mass is 10.0. The molecule has 3 aromatic carbocycles. The summed E-state index contributed by atoms with van der Waals surface area (Å²) in [5.74, 6) is -0.674. The largest absolute Gasteiger partial charge is 0.336 e. The number of nitrogens with one attached hydrogen (secondary N) is 1. The number of carbonyl (C=O) groups excluding carboxylic acids is 2. The summed E-state index contributed by atoms with van der Waals surface area (Å²) in [7, 11) is 0. The monoisotopic (exact) mass is 431 g/mol. The first kappa shape index (κ1) is 21.7. The van der Waals surface area contributed by atoms with Gasteiger partial charge in [0, 0.05) is 37.4 Å². The van der Waals surface area contributed by atoms with Gasteiger partial charge in [0.2, 0.25) is 5.91 Å². The van der Waals surface area contributed by atoms with E-state index in [2.05, 4.69) is 10.2 Å². The smallest absolute Gasteiger partial charge is 0.254 e. The van der Waals surface area contributed by atoms with Crippen molar-refractivity contribution in [3.05, 3.63) is 101 Å². The Balaban J connectivity index is 1.48. The van der Waals surface area contributed by atoms with Crippen LogP contribution in [0.25, 0.3) is 0 Å². The number of para-hydroxylation sites is 1. The first-order chi connectivity index (χ1) is 15.5. The van der Waals surface area contributed by atoms with Crippen LogP contribution in [0.3, 0.4) is 0 Å². The minimum absolute atomic E-state index is 0.109. The third-order valence-corrected chi connectivity index (χ3v) is 5.79. The van der Waals surface area contributed by atoms with E-state index in [0.717, 1.165) is 11.3 Å². The first-order valence-electron chi connectivity index (χ1n) is 10.7. The topological polar surface area (TPSA) is 52.7 Å². The highest BCUT2D eigenvalue weighted by molar-refractivity contribution is 5.96. The molecule has 4 rings (SSSR count). The van der Waals surface area contributed by atoms with E-state index in [4.69, 9.17) is 0 Å². The number of benzene rings is 3. The maximum Gasteiger partial charge on any atom is 0.254 e. The first-order valence-corrected chi connectivity index (χ1v) is 10.7. The lowest BCUT2D eigenvalue weighted by molar-refractivity contribution is -0.122. The molecule has 1 aliphatic heterocycles. The Hall–Kier alpha value is -3.51. The minimum atomic E-state index is -0.467. The van der Waals surface area contributed by atoms with Crippen molar-refractivity contribution in [3.63, 3.8) is 0 Å². The van der Waals surface area contributed by atoms with Crippen LogP contribution >= 0.6 is 0 Å². The van der Waals surface area contributed by atoms with E-state index >= 15 is 0 Å². The zero-order chi connectivity index (χ0) is 22.5. The molecular formula is C26H26FN3O2. The third-order valence-electron chi connectivity index (χ3n) is 5.79. The van der Waals surface area contributed by atoms with Crippen LogP contribution in [0.1, 0.15) is 27.5 Å². The van der Waals surface area contributed by atoms with Gasteiger partial charge in [-0.15, -0.1) is 0 Å². The molecule has 1 atom stereocenters. The average molecular weight is 432 g/mol. The molecule has 2 amide bonds. The van der Waals surface area contributed by atoms with Gasteiger partial charge in [0.05, 0.1) is 0 Å². The number of nitrogens with zero attached hydrogens (tertiary/aromatic N) is 2. The zero-order valence-corrected chi connectivity index (χ0v) is 18.0. The van der Waals surface area contributed by atoms with Crippen molar-refractivity contribution >= 4 is 17.5 Å². The molecule has 1 unspecified atom stereocenters. The predicted octanol–water partition coefficient (Wildman–Crippen LogP) is 4.27. The van der Waals surface area contributed by atoms with Gasteiger partial charge in [0.15, 0.2) is 0 Å². The molecule has 0 bridgehead atoms. The second-order valence-electron chi connectivity index (χ2n) is 7.96. The van der Waals surface area contributed by atoms with Crippen LogP contribution in [0.4, 0.5) is 10.1 Å². The Kier molecular flexibility index (Phi) is 6.61. The number of carbonyl (C=O) groups is 2. The Morgan fingerprint density at radius 2 is 1.50 bits per heavy atom. The van der Waals surface area contributed by atoms with Gasteiger partial charge in [-0.1, -0.05) is 54.6 Å². The fraction of sp³-hybridized carbons (Fsp3) is 0.231. The molecule has 5 nitrogen and oxygen atoms in total. The molecule has 1 saturated heterocycles. The van der Waals surface area contributed by atoms with Crippen LogP contribution in [0.15, 0.2) is 78.9 Å². The molecule has 0 saturated carbocycles. The number of aryl methyl sites for hydroxylation is 1. The normalized spacial score (nSPS) is 15.2. The van der Waals surface area contributed by atoms with Crippen molar-refractivity contribution < 1.29 is 14.0 Å². The van der Waals surface area contributed by atoms with Crippen LogP contribution < -0.4 is 5.32 Å². The van der Waals surface area contributed by atoms with Gasteiger partial charge < -0.3 is 10.2 Å². The highest BCUT2D eigenvalue weighted by atomic mass is 19.1. The number of piperazine rings is 1. The average Bonchev–Trinajstić information content (AvgIpc) is 2.82. The fourth-order valence-corrected chi connectivity index (χ4v) is 3.99. The maximum absolute atomic E-state index is 13.9. The molecule has 1 fully saturated rings. The molecule has 0 spiro atoms. The lowest BCUT2D eigenvalue weighted by Gasteiger charge is -2.38. The molecule has 1 heterocycles. The standard InChI is InChI=1S/C26H26FN3O2/c1-19-12-13-21(18-23(19)27)26(32)30-16-14-29(15-17-30)24(20-8-4-2-5-9-20)25(31)28-22-10-6-3-7-11-22/h2-13,18,24H,14-17H2,1H3,(H,28,31). The summed E-state index contributed by atoms with van der Waals surface area (Å²) >= 11 is 0. The van der Waals surface area contributed by atoms with E-state index in [1.165, 1.54) is 6.07 Å². The molecule has 32 heavy (non-hydrogen) atoms. The highest BCUT2D eigenvalue weighted by Gasteiger charge is 2.32. The van der Waals surface area contributed by atoms with Gasteiger partial charge in [-0.2, -0.15) is 0 Å². The molecule has 0 aromatic heterocycles. The van der Waals surface area contributed by atoms with E-state index in [9.17, 15) is 14.0 Å². The quantitative estimate of drug-likeness (QED) is 0.656. The van der Waals surface area contributed by atoms with Gasteiger partial charge in [0.1, 0.15) is 11.9 Å². The van der Waals surface area contributed by atoms with Crippen molar-refractivity contribution in [2.24, 2.45) is 0 Å². The Bertz CT molecular complexity index is 1080. The molecular weight excluding hydrogens is 405 g/mol. The van der Waals surface area contributed by atoms with Crippen molar-refractivity contribution in [1.82, 2.24) is 9.80 Å². The van der Waals surface area contributed by atoms with E-state index in [1.807, 2.05) is 60.7 Å². The molecule has 164 valence electrons. The van der Waals surface area contributed by atoms with Crippen LogP contribution in [-0.4, -0.2) is 47.8 Å². The fourth-order valence-electron chi connectivity index (χ4n) is 3.99. The van der Waals surface area contributed by atoms with Crippen LogP contribution in [0.2, 0.25) is 0 Å². The lowest BCUT2D eigenvalue weighted by Crippen LogP contribution is -2.51. The Labute approximate surface area is 187 Å². The second kappa shape index (κ2) is 9.75. The van der Waals surface area contributed by atoms with Crippen LogP contribution in [-0.2, 0) is 4.79 Å². The van der Waals surface area contributed by atoms with Crippen molar-refractivity contribution in [3.8, 4) is 0 Å². The molecule has 6 heteroatoms. The zero-order valence-electron chi connectivity index (χ0n) is 18.0. The summed E-state index contributed by atoms with van der Waals surface area (Å²) in [5.41, 5.74) is 2.51. The van der Waals surface area contributed by atoms with Gasteiger partial charge in [-0.05, 0) is 42.3 Å². The third kappa shape index (κ3) is 4.86. The van der Waals surface area contributed by atoms with Crippen molar-refractivity contribution in [2.45, 2.75) is 13.0 Å². The number of halogens is 1. The molecule has 1 N–H and O–H groups in total. The van der Waals surface area contributed by atoms with Gasteiger partial charge in [0.25, 0.3) is 5.91 Å². The van der Waals surface area contributed by atoms with E-state index < -0.39 is 6.04 Å². The number of anilines is 1. The molecule has 0 aliphatic carbocycles. The van der Waals surface area contributed by atoms with E-state index in [0.29, 0.717) is 37.3 Å². The number of hydrogen-bond donors (Lipinski definition) is 1. The van der Waals surface area contributed by atoms with Crippen molar-refractivity contribution in [2.75, 3.05) is 31.5 Å². The maximum atomic E-state index is 13.9. The summed E-state index contributed by atoms with van der Waals surface area (Å²) in [6, 6.07) is 23.1. The van der Waals surface area contributed by atoms with Crippen LogP contribution in [0, 0.1) is 12.7 Å². The highest BCUT2D eigenvalue weighted by Crippen LogP contribution is 2.25. The van der Waals surface area contributed by atoms with Gasteiger partial charge in [-0.25, -0.2) is 4.39 Å². The summed E-state index contributed by atoms with van der Waals surface area (Å²) in [6.45, 7) is 3.70. The summed E-state index contributed by atoms with van der Waals surface area (Å²) in [4.78, 5) is 29.9.